The molecule has 0 aromatic heterocycles. The lowest BCUT2D eigenvalue weighted by atomic mass is 10.0. The number of nitrogens with one attached hydrogen (secondary N) is 1. The number of rotatable bonds is 4. The van der Waals surface area contributed by atoms with Gasteiger partial charge in [-0.1, -0.05) is 33.8 Å². The molecule has 3 heteroatoms. The van der Waals surface area contributed by atoms with E-state index < -0.39 is 0 Å². The number of nitrogens with zero attached hydrogens (tertiary/aromatic N) is 1. The van der Waals surface area contributed by atoms with Crippen LogP contribution >= 0.6 is 11.8 Å². The molecule has 1 fully saturated rings. The Morgan fingerprint density at radius 1 is 1.26 bits per heavy atom. The molecular formula is C16H22N2S. The molecule has 1 aromatic carbocycles. The van der Waals surface area contributed by atoms with Crippen LogP contribution in [-0.2, 0) is 0 Å². The topological polar surface area (TPSA) is 35.8 Å². The van der Waals surface area contributed by atoms with Gasteiger partial charge in [-0.25, -0.2) is 0 Å². The van der Waals surface area contributed by atoms with E-state index in [2.05, 4.69) is 39.1 Å². The van der Waals surface area contributed by atoms with Crippen LogP contribution in [0.5, 0.6) is 0 Å². The van der Waals surface area contributed by atoms with Gasteiger partial charge < -0.3 is 5.32 Å². The number of anilines is 1. The highest BCUT2D eigenvalue weighted by Crippen LogP contribution is 2.68. The van der Waals surface area contributed by atoms with Crippen molar-refractivity contribution >= 4 is 17.4 Å². The molecule has 0 atom stereocenters. The lowest BCUT2D eigenvalue weighted by Crippen LogP contribution is -2.09. The van der Waals surface area contributed by atoms with E-state index in [1.54, 1.807) is 11.8 Å². The highest BCUT2D eigenvalue weighted by atomic mass is 32.2. The fourth-order valence-corrected chi connectivity index (χ4v) is 3.59. The van der Waals surface area contributed by atoms with E-state index in [0.29, 0.717) is 16.7 Å². The van der Waals surface area contributed by atoms with E-state index in [9.17, 15) is 5.26 Å². The molecule has 0 amide bonds. The molecule has 1 aliphatic carbocycles. The summed E-state index contributed by atoms with van der Waals surface area (Å²) >= 11 is 1.62. The van der Waals surface area contributed by atoms with Crippen molar-refractivity contribution in [2.24, 2.45) is 16.7 Å². The average molecular weight is 274 g/mol. The van der Waals surface area contributed by atoms with Crippen molar-refractivity contribution in [3.63, 3.8) is 0 Å². The Hall–Kier alpha value is -1.14. The van der Waals surface area contributed by atoms with Crippen LogP contribution in [0.4, 0.5) is 5.69 Å². The van der Waals surface area contributed by atoms with Gasteiger partial charge in [0.15, 0.2) is 0 Å². The minimum absolute atomic E-state index is 0.379. The first-order valence-corrected chi connectivity index (χ1v) is 7.89. The molecule has 19 heavy (non-hydrogen) atoms. The van der Waals surface area contributed by atoms with E-state index in [1.807, 2.05) is 24.5 Å². The van der Waals surface area contributed by atoms with Crippen LogP contribution < -0.4 is 5.32 Å². The lowest BCUT2D eigenvalue weighted by Gasteiger charge is -2.11. The summed E-state index contributed by atoms with van der Waals surface area (Å²) in [5.41, 5.74) is 2.49. The molecule has 1 aliphatic rings. The normalized spacial score (nSPS) is 19.8. The molecule has 2 nitrogen and oxygen atoms in total. The molecule has 0 saturated heterocycles. The van der Waals surface area contributed by atoms with Crippen LogP contribution in [-0.4, -0.2) is 12.8 Å². The predicted octanol–water partition coefficient (Wildman–Crippen LogP) is 4.37. The number of nitriles is 1. The Morgan fingerprint density at radius 3 is 2.37 bits per heavy atom. The van der Waals surface area contributed by atoms with Gasteiger partial charge in [0.2, 0.25) is 0 Å². The van der Waals surface area contributed by atoms with Gasteiger partial charge in [-0.15, -0.1) is 11.8 Å². The second-order valence-corrected chi connectivity index (χ2v) is 7.22. The summed E-state index contributed by atoms with van der Waals surface area (Å²) in [7, 11) is 0. The highest BCUT2D eigenvalue weighted by molar-refractivity contribution is 7.98. The number of benzene rings is 1. The van der Waals surface area contributed by atoms with E-state index in [-0.39, 0.29) is 0 Å². The quantitative estimate of drug-likeness (QED) is 0.828. The summed E-state index contributed by atoms with van der Waals surface area (Å²) in [5.74, 6) is 0.657. The van der Waals surface area contributed by atoms with Gasteiger partial charge in [0.1, 0.15) is 6.07 Å². The number of hydrogen-bond acceptors (Lipinski definition) is 3. The second kappa shape index (κ2) is 4.76. The summed E-state index contributed by atoms with van der Waals surface area (Å²) in [6.45, 7) is 10.2. The van der Waals surface area contributed by atoms with Gasteiger partial charge >= 0.3 is 0 Å². The van der Waals surface area contributed by atoms with Crippen LogP contribution in [0.1, 0.15) is 33.3 Å². The third-order valence-electron chi connectivity index (χ3n) is 5.17. The second-order valence-electron chi connectivity index (χ2n) is 6.37. The zero-order valence-corrected chi connectivity index (χ0v) is 13.2. The molecule has 0 unspecified atom stereocenters. The SMILES string of the molecule is CSc1cccc(NCC2C(C)(C)C2(C)C)c1C#N. The molecular weight excluding hydrogens is 252 g/mol. The van der Waals surface area contributed by atoms with E-state index in [0.717, 1.165) is 22.7 Å². The first-order valence-electron chi connectivity index (χ1n) is 6.67. The van der Waals surface area contributed by atoms with Crippen LogP contribution in [0.3, 0.4) is 0 Å². The van der Waals surface area contributed by atoms with Gasteiger partial charge in [-0.2, -0.15) is 5.26 Å². The zero-order chi connectivity index (χ0) is 14.3. The van der Waals surface area contributed by atoms with Crippen molar-refractivity contribution in [2.75, 3.05) is 18.1 Å². The summed E-state index contributed by atoms with van der Waals surface area (Å²) in [6, 6.07) is 8.33. The molecule has 0 spiro atoms. The third kappa shape index (κ3) is 2.23. The summed E-state index contributed by atoms with van der Waals surface area (Å²) in [5, 5.41) is 12.8. The van der Waals surface area contributed by atoms with Crippen molar-refractivity contribution in [3.8, 4) is 6.07 Å². The van der Waals surface area contributed by atoms with Crippen molar-refractivity contribution in [1.82, 2.24) is 0 Å². The average Bonchev–Trinajstić information content (AvgIpc) is 2.76. The minimum Gasteiger partial charge on any atom is -0.384 e. The summed E-state index contributed by atoms with van der Waals surface area (Å²) in [4.78, 5) is 1.04. The molecule has 1 N–H and O–H groups in total. The maximum Gasteiger partial charge on any atom is 0.102 e. The smallest absolute Gasteiger partial charge is 0.102 e. The van der Waals surface area contributed by atoms with Gasteiger partial charge in [0.05, 0.1) is 11.3 Å². The minimum atomic E-state index is 0.379. The maximum absolute atomic E-state index is 9.31. The molecule has 0 aliphatic heterocycles. The summed E-state index contributed by atoms with van der Waals surface area (Å²) in [6.07, 6.45) is 2.01. The van der Waals surface area contributed by atoms with Gasteiger partial charge in [-0.3, -0.25) is 0 Å². The lowest BCUT2D eigenvalue weighted by molar-refractivity contribution is 0.457. The molecule has 0 radical (unpaired) electrons. The van der Waals surface area contributed by atoms with Crippen molar-refractivity contribution < 1.29 is 0 Å². The predicted molar refractivity (Wildman–Crippen MR) is 82.5 cm³/mol. The van der Waals surface area contributed by atoms with Gasteiger partial charge in [-0.05, 0) is 35.1 Å². The Labute approximate surface area is 120 Å². The van der Waals surface area contributed by atoms with Crippen LogP contribution in [0.15, 0.2) is 23.1 Å². The van der Waals surface area contributed by atoms with Gasteiger partial charge in [0, 0.05) is 11.4 Å². The molecule has 1 saturated carbocycles. The van der Waals surface area contributed by atoms with Crippen LogP contribution in [0.2, 0.25) is 0 Å². The molecule has 0 heterocycles. The van der Waals surface area contributed by atoms with E-state index >= 15 is 0 Å². The fourth-order valence-electron chi connectivity index (χ4n) is 3.02. The van der Waals surface area contributed by atoms with E-state index in [1.165, 1.54) is 0 Å². The van der Waals surface area contributed by atoms with E-state index in [4.69, 9.17) is 0 Å². The molecule has 1 aromatic rings. The first-order chi connectivity index (χ1) is 8.86. The summed E-state index contributed by atoms with van der Waals surface area (Å²) < 4.78 is 0. The number of thioether (sulfide) groups is 1. The Morgan fingerprint density at radius 2 is 1.89 bits per heavy atom. The van der Waals surface area contributed by atoms with Crippen LogP contribution in [0.25, 0.3) is 0 Å². The standard InChI is InChI=1S/C16H22N2S/c1-15(2)14(16(15,3)4)10-18-12-7-6-8-13(19-5)11(12)9-17/h6-8,14,18H,10H2,1-5H3. The first kappa shape index (κ1) is 14.3. The van der Waals surface area contributed by atoms with Crippen LogP contribution in [0, 0.1) is 28.1 Å². The fraction of sp³-hybridized carbons (Fsp3) is 0.562. The molecule has 0 bridgehead atoms. The maximum atomic E-state index is 9.31. The largest absolute Gasteiger partial charge is 0.384 e. The van der Waals surface area contributed by atoms with Gasteiger partial charge in [0.25, 0.3) is 0 Å². The highest BCUT2D eigenvalue weighted by Gasteiger charge is 2.64. The molecule has 2 rings (SSSR count). The Kier molecular flexibility index (Phi) is 3.57. The van der Waals surface area contributed by atoms with Crippen molar-refractivity contribution in [1.29, 1.82) is 5.26 Å². The number of hydrogen-bond donors (Lipinski definition) is 1. The molecule has 102 valence electrons. The monoisotopic (exact) mass is 274 g/mol. The zero-order valence-electron chi connectivity index (χ0n) is 12.4. The Balaban J connectivity index is 2.12. The Bertz CT molecular complexity index is 512. The van der Waals surface area contributed by atoms with Crippen molar-refractivity contribution in [2.45, 2.75) is 32.6 Å². The van der Waals surface area contributed by atoms with Crippen molar-refractivity contribution in [3.05, 3.63) is 23.8 Å². The third-order valence-corrected chi connectivity index (χ3v) is 5.95.